The van der Waals surface area contributed by atoms with Crippen molar-refractivity contribution < 1.29 is 9.53 Å². The molecule has 1 aliphatic rings. The van der Waals surface area contributed by atoms with E-state index in [-0.39, 0.29) is 24.5 Å². The van der Waals surface area contributed by atoms with Gasteiger partial charge in [0, 0.05) is 23.9 Å². The Bertz CT molecular complexity index is 289. The fourth-order valence-electron chi connectivity index (χ4n) is 1.89. The quantitative estimate of drug-likeness (QED) is 0.547. The van der Waals surface area contributed by atoms with Gasteiger partial charge in [0.25, 0.3) is 0 Å². The lowest BCUT2D eigenvalue weighted by Gasteiger charge is -2.27. The van der Waals surface area contributed by atoms with E-state index in [1.165, 1.54) is 6.21 Å². The maximum absolute atomic E-state index is 11.1. The predicted octanol–water partition coefficient (Wildman–Crippen LogP) is 0.767. The second-order valence-corrected chi connectivity index (χ2v) is 3.86. The number of nitrogens with one attached hydrogen (secondary N) is 1. The first-order valence-corrected chi connectivity index (χ1v) is 5.64. The van der Waals surface area contributed by atoms with Gasteiger partial charge in [0.05, 0.1) is 6.61 Å². The summed E-state index contributed by atoms with van der Waals surface area (Å²) >= 11 is 0. The summed E-state index contributed by atoms with van der Waals surface area (Å²) in [7, 11) is 0. The Kier molecular flexibility index (Phi) is 5.11. The van der Waals surface area contributed by atoms with Gasteiger partial charge >= 0.3 is 5.97 Å². The fraction of sp³-hybridized carbons (Fsp3) is 0.727. The van der Waals surface area contributed by atoms with E-state index in [2.05, 4.69) is 4.99 Å². The Morgan fingerprint density at radius 2 is 2.50 bits per heavy atom. The zero-order chi connectivity index (χ0) is 12.0. The molecule has 0 heterocycles. The molecule has 2 atom stereocenters. The first kappa shape index (κ1) is 12.8. The van der Waals surface area contributed by atoms with E-state index in [4.69, 9.17) is 15.9 Å². The minimum Gasteiger partial charge on any atom is -0.465 e. The van der Waals surface area contributed by atoms with Crippen LogP contribution in [0, 0.1) is 11.3 Å². The van der Waals surface area contributed by atoms with Crippen LogP contribution in [0.3, 0.4) is 0 Å². The number of hydrogen-bond acceptors (Lipinski definition) is 5. The minimum absolute atomic E-state index is 0.0350. The third-order valence-corrected chi connectivity index (χ3v) is 2.71. The molecule has 90 valence electrons. The van der Waals surface area contributed by atoms with Crippen LogP contribution >= 0.6 is 0 Å². The van der Waals surface area contributed by atoms with Crippen LogP contribution < -0.4 is 5.73 Å². The van der Waals surface area contributed by atoms with Crippen LogP contribution in [0.5, 0.6) is 0 Å². The Hall–Kier alpha value is -1.23. The summed E-state index contributed by atoms with van der Waals surface area (Å²) in [6.45, 7) is 2.18. The molecule has 0 amide bonds. The topological polar surface area (TPSA) is 88.5 Å². The average Bonchev–Trinajstić information content (AvgIpc) is 2.27. The van der Waals surface area contributed by atoms with E-state index in [0.29, 0.717) is 6.61 Å². The van der Waals surface area contributed by atoms with E-state index in [1.54, 1.807) is 6.92 Å². The van der Waals surface area contributed by atoms with Crippen LogP contribution in [0.4, 0.5) is 0 Å². The monoisotopic (exact) mass is 225 g/mol. The fourth-order valence-corrected chi connectivity index (χ4v) is 1.89. The first-order valence-electron chi connectivity index (χ1n) is 5.64. The van der Waals surface area contributed by atoms with Crippen LogP contribution in [0.25, 0.3) is 0 Å². The van der Waals surface area contributed by atoms with Crippen molar-refractivity contribution in [2.45, 2.75) is 32.2 Å². The van der Waals surface area contributed by atoms with Crippen LogP contribution in [0.15, 0.2) is 4.99 Å². The Balaban J connectivity index is 2.58. The maximum atomic E-state index is 11.1. The Morgan fingerprint density at radius 1 is 1.75 bits per heavy atom. The van der Waals surface area contributed by atoms with E-state index >= 15 is 0 Å². The molecule has 3 N–H and O–H groups in total. The minimum atomic E-state index is -0.321. The van der Waals surface area contributed by atoms with Crippen molar-refractivity contribution in [2.24, 2.45) is 16.6 Å². The van der Waals surface area contributed by atoms with E-state index in [0.717, 1.165) is 25.0 Å². The summed E-state index contributed by atoms with van der Waals surface area (Å²) in [6, 6.07) is -0.0350. The largest absolute Gasteiger partial charge is 0.465 e. The third-order valence-electron chi connectivity index (χ3n) is 2.71. The standard InChI is InChI=1S/C11H19N3O2/c1-2-16-11(15)7-14-10-5-3-4-9(13)8(10)6-12/h6,8-9,12H,2-5,7,13H2,1H3. The van der Waals surface area contributed by atoms with E-state index in [1.807, 2.05) is 0 Å². The molecule has 1 rings (SSSR count). The molecule has 0 saturated heterocycles. The maximum Gasteiger partial charge on any atom is 0.327 e. The highest BCUT2D eigenvalue weighted by Gasteiger charge is 2.25. The summed E-state index contributed by atoms with van der Waals surface area (Å²) in [5, 5.41) is 7.32. The SMILES string of the molecule is CCOC(=O)CN=C1CCCC(N)C1C=N. The number of hydrogen-bond donors (Lipinski definition) is 2. The summed E-state index contributed by atoms with van der Waals surface area (Å²) in [5.41, 5.74) is 6.76. The van der Waals surface area contributed by atoms with E-state index < -0.39 is 0 Å². The van der Waals surface area contributed by atoms with Gasteiger partial charge in [-0.05, 0) is 26.2 Å². The number of rotatable bonds is 4. The van der Waals surface area contributed by atoms with Crippen molar-refractivity contribution in [3.05, 3.63) is 0 Å². The predicted molar refractivity (Wildman–Crippen MR) is 63.0 cm³/mol. The summed E-state index contributed by atoms with van der Waals surface area (Å²) in [5.74, 6) is -0.430. The van der Waals surface area contributed by atoms with Crippen LogP contribution in [0.2, 0.25) is 0 Å². The molecule has 16 heavy (non-hydrogen) atoms. The highest BCUT2D eigenvalue weighted by Crippen LogP contribution is 2.19. The van der Waals surface area contributed by atoms with Gasteiger partial charge < -0.3 is 15.9 Å². The van der Waals surface area contributed by atoms with Crippen molar-refractivity contribution in [3.8, 4) is 0 Å². The number of esters is 1. The van der Waals surface area contributed by atoms with Gasteiger partial charge in [-0.25, -0.2) is 0 Å². The molecule has 0 aromatic carbocycles. The lowest BCUT2D eigenvalue weighted by molar-refractivity contribution is -0.141. The lowest BCUT2D eigenvalue weighted by Crippen LogP contribution is -2.40. The van der Waals surface area contributed by atoms with Crippen LogP contribution in [-0.2, 0) is 9.53 Å². The van der Waals surface area contributed by atoms with E-state index in [9.17, 15) is 4.79 Å². The first-order chi connectivity index (χ1) is 7.69. The van der Waals surface area contributed by atoms with Gasteiger partial charge in [0.15, 0.2) is 0 Å². The number of carbonyl (C=O) groups is 1. The molecule has 5 heteroatoms. The second-order valence-electron chi connectivity index (χ2n) is 3.86. The van der Waals surface area contributed by atoms with Gasteiger partial charge in [0.1, 0.15) is 6.54 Å². The molecule has 0 bridgehead atoms. The van der Waals surface area contributed by atoms with Crippen LogP contribution in [-0.4, -0.2) is 37.1 Å². The summed E-state index contributed by atoms with van der Waals surface area (Å²) in [4.78, 5) is 15.4. The molecule has 0 spiro atoms. The molecule has 0 aromatic heterocycles. The zero-order valence-electron chi connectivity index (χ0n) is 9.61. The van der Waals surface area contributed by atoms with Crippen LogP contribution in [0.1, 0.15) is 26.2 Å². The molecule has 1 aliphatic carbocycles. The van der Waals surface area contributed by atoms with Gasteiger partial charge in [-0.15, -0.1) is 0 Å². The van der Waals surface area contributed by atoms with Crippen molar-refractivity contribution >= 4 is 17.9 Å². The van der Waals surface area contributed by atoms with Gasteiger partial charge in [-0.3, -0.25) is 9.79 Å². The molecule has 2 unspecified atom stereocenters. The molecule has 0 radical (unpaired) electrons. The second kappa shape index (κ2) is 6.37. The summed E-state index contributed by atoms with van der Waals surface area (Å²) < 4.78 is 4.79. The van der Waals surface area contributed by atoms with Gasteiger partial charge in [-0.1, -0.05) is 0 Å². The molecule has 0 aliphatic heterocycles. The lowest BCUT2D eigenvalue weighted by atomic mass is 9.84. The van der Waals surface area contributed by atoms with Crippen molar-refractivity contribution in [3.63, 3.8) is 0 Å². The summed E-state index contributed by atoms with van der Waals surface area (Å²) in [6.07, 6.45) is 4.05. The number of ether oxygens (including phenoxy) is 1. The third kappa shape index (κ3) is 3.41. The molecular formula is C11H19N3O2. The van der Waals surface area contributed by atoms with Gasteiger partial charge in [0.2, 0.25) is 0 Å². The Labute approximate surface area is 95.6 Å². The van der Waals surface area contributed by atoms with Gasteiger partial charge in [-0.2, -0.15) is 0 Å². The van der Waals surface area contributed by atoms with Crippen molar-refractivity contribution in [1.82, 2.24) is 0 Å². The number of aliphatic imine (C=N–C) groups is 1. The van der Waals surface area contributed by atoms with Crippen molar-refractivity contribution in [1.29, 1.82) is 5.41 Å². The molecular weight excluding hydrogens is 206 g/mol. The highest BCUT2D eigenvalue weighted by molar-refractivity contribution is 6.00. The molecule has 0 aromatic rings. The number of nitrogens with zero attached hydrogens (tertiary/aromatic N) is 1. The smallest absolute Gasteiger partial charge is 0.327 e. The Morgan fingerprint density at radius 3 is 3.12 bits per heavy atom. The molecule has 5 nitrogen and oxygen atoms in total. The average molecular weight is 225 g/mol. The molecule has 1 saturated carbocycles. The zero-order valence-corrected chi connectivity index (χ0v) is 9.61. The number of nitrogens with two attached hydrogens (primary N) is 1. The number of carbonyl (C=O) groups excluding carboxylic acids is 1. The molecule has 1 fully saturated rings. The van der Waals surface area contributed by atoms with Crippen molar-refractivity contribution in [2.75, 3.05) is 13.2 Å². The normalized spacial score (nSPS) is 27.8. The highest BCUT2D eigenvalue weighted by atomic mass is 16.5.